The molecule has 0 bridgehead atoms. The second kappa shape index (κ2) is 9.94. The summed E-state index contributed by atoms with van der Waals surface area (Å²) in [5.74, 6) is -0.402. The Balaban J connectivity index is 1.52. The summed E-state index contributed by atoms with van der Waals surface area (Å²) in [7, 11) is 0. The predicted molar refractivity (Wildman–Crippen MR) is 130 cm³/mol. The van der Waals surface area contributed by atoms with Crippen LogP contribution in [-0.2, 0) is 11.2 Å². The molecule has 2 aliphatic rings. The molecule has 0 radical (unpaired) electrons. The zero-order chi connectivity index (χ0) is 23.4. The maximum atomic E-state index is 13.3. The third-order valence-corrected chi connectivity index (χ3v) is 7.34. The van der Waals surface area contributed by atoms with E-state index in [1.165, 1.54) is 19.3 Å². The fourth-order valence-corrected chi connectivity index (χ4v) is 5.58. The van der Waals surface area contributed by atoms with Gasteiger partial charge in [0.2, 0.25) is 5.91 Å². The van der Waals surface area contributed by atoms with Gasteiger partial charge in [-0.25, -0.2) is 0 Å². The zero-order valence-electron chi connectivity index (χ0n) is 19.8. The van der Waals surface area contributed by atoms with Gasteiger partial charge in [0.15, 0.2) is 5.78 Å². The minimum Gasteiger partial charge on any atom is -0.354 e. The molecule has 0 saturated heterocycles. The molecule has 6 nitrogen and oxygen atoms in total. The van der Waals surface area contributed by atoms with E-state index in [4.69, 9.17) is 0 Å². The highest BCUT2D eigenvalue weighted by atomic mass is 16.2. The fourth-order valence-electron chi connectivity index (χ4n) is 5.58. The number of ketones is 1. The highest BCUT2D eigenvalue weighted by molar-refractivity contribution is 6.06. The summed E-state index contributed by atoms with van der Waals surface area (Å²) in [6, 6.07) is 8.62. The molecule has 1 fully saturated rings. The summed E-state index contributed by atoms with van der Waals surface area (Å²) in [5, 5.41) is 5.83. The van der Waals surface area contributed by atoms with E-state index >= 15 is 0 Å². The second-order valence-electron chi connectivity index (χ2n) is 9.84. The van der Waals surface area contributed by atoms with E-state index in [0.29, 0.717) is 35.3 Å². The number of hydrogen-bond donors (Lipinski definition) is 3. The van der Waals surface area contributed by atoms with Gasteiger partial charge in [-0.3, -0.25) is 14.4 Å². The number of aromatic nitrogens is 1. The number of aromatic amines is 1. The number of rotatable bonds is 7. The number of carbonyl (C=O) groups excluding carboxylic acids is 3. The minimum absolute atomic E-state index is 0.0482. The Labute approximate surface area is 195 Å². The molecule has 1 saturated carbocycles. The normalized spacial score (nSPS) is 17.9. The van der Waals surface area contributed by atoms with E-state index in [2.05, 4.69) is 22.5 Å². The molecule has 1 aromatic carbocycles. The number of carbonyl (C=O) groups is 3. The molecule has 6 heteroatoms. The van der Waals surface area contributed by atoms with Crippen LogP contribution in [0.5, 0.6) is 0 Å². The maximum Gasteiger partial charge on any atom is 0.268 e. The van der Waals surface area contributed by atoms with E-state index in [1.807, 2.05) is 37.3 Å². The van der Waals surface area contributed by atoms with Crippen molar-refractivity contribution in [3.63, 3.8) is 0 Å². The van der Waals surface area contributed by atoms with Crippen LogP contribution in [0.2, 0.25) is 0 Å². The molecular weight excluding hydrogens is 414 g/mol. The monoisotopic (exact) mass is 449 g/mol. The number of nitrogens with one attached hydrogen (secondary N) is 3. The molecule has 1 heterocycles. The van der Waals surface area contributed by atoms with Crippen LogP contribution in [0.15, 0.2) is 30.3 Å². The number of para-hydroxylation sites is 1. The molecule has 2 aliphatic carbocycles. The van der Waals surface area contributed by atoms with Crippen molar-refractivity contribution in [2.45, 2.75) is 84.1 Å². The minimum atomic E-state index is -0.641. The predicted octanol–water partition coefficient (Wildman–Crippen LogP) is 5.33. The molecule has 0 unspecified atom stereocenters. The van der Waals surface area contributed by atoms with Crippen LogP contribution >= 0.6 is 0 Å². The molecule has 3 N–H and O–H groups in total. The SMILES string of the molecule is CCCC[C@H](NC(=O)c1[nH]c2c(c1C)C(=O)CC1(CCCCC1)C2)C(=O)Nc1ccccc1. The Morgan fingerprint density at radius 2 is 1.82 bits per heavy atom. The summed E-state index contributed by atoms with van der Waals surface area (Å²) in [4.78, 5) is 42.5. The first-order chi connectivity index (χ1) is 15.9. The van der Waals surface area contributed by atoms with Crippen LogP contribution in [0.1, 0.15) is 96.8 Å². The van der Waals surface area contributed by atoms with Crippen molar-refractivity contribution in [3.05, 3.63) is 52.8 Å². The van der Waals surface area contributed by atoms with Crippen LogP contribution in [-0.4, -0.2) is 28.6 Å². The number of H-pyrrole nitrogens is 1. The lowest BCUT2D eigenvalue weighted by molar-refractivity contribution is -0.118. The lowest BCUT2D eigenvalue weighted by Gasteiger charge is -2.39. The van der Waals surface area contributed by atoms with Crippen LogP contribution < -0.4 is 10.6 Å². The third-order valence-electron chi connectivity index (χ3n) is 7.34. The highest BCUT2D eigenvalue weighted by Crippen LogP contribution is 2.46. The summed E-state index contributed by atoms with van der Waals surface area (Å²) in [6.45, 7) is 3.90. The van der Waals surface area contributed by atoms with Crippen molar-refractivity contribution in [3.8, 4) is 0 Å². The van der Waals surface area contributed by atoms with Gasteiger partial charge in [0.25, 0.3) is 5.91 Å². The van der Waals surface area contributed by atoms with Crippen LogP contribution in [0.4, 0.5) is 5.69 Å². The highest BCUT2D eigenvalue weighted by Gasteiger charge is 2.41. The molecule has 1 atom stereocenters. The average Bonchev–Trinajstić information content (AvgIpc) is 3.13. The van der Waals surface area contributed by atoms with Gasteiger partial charge in [-0.2, -0.15) is 0 Å². The molecule has 2 amide bonds. The zero-order valence-corrected chi connectivity index (χ0v) is 19.8. The number of fused-ring (bicyclic) bond motifs is 1. The summed E-state index contributed by atoms with van der Waals surface area (Å²) < 4.78 is 0. The van der Waals surface area contributed by atoms with Crippen molar-refractivity contribution in [2.75, 3.05) is 5.32 Å². The van der Waals surface area contributed by atoms with E-state index < -0.39 is 6.04 Å². The average molecular weight is 450 g/mol. The van der Waals surface area contributed by atoms with E-state index in [9.17, 15) is 14.4 Å². The van der Waals surface area contributed by atoms with Crippen molar-refractivity contribution in [1.29, 1.82) is 0 Å². The van der Waals surface area contributed by atoms with Gasteiger partial charge in [-0.1, -0.05) is 57.2 Å². The third kappa shape index (κ3) is 5.05. The second-order valence-corrected chi connectivity index (χ2v) is 9.84. The molecule has 33 heavy (non-hydrogen) atoms. The first-order valence-electron chi connectivity index (χ1n) is 12.3. The Morgan fingerprint density at radius 3 is 2.52 bits per heavy atom. The standard InChI is InChI=1S/C27H35N3O3/c1-3-4-13-20(25(32)28-19-11-7-5-8-12-19)30-26(33)24-18(2)23-21(29-24)16-27(17-22(23)31)14-9-6-10-15-27/h5,7-8,11-12,20,29H,3-4,6,9-10,13-17H2,1-2H3,(H,28,32)(H,30,33)/t20-/m0/s1. The molecule has 1 aromatic heterocycles. The topological polar surface area (TPSA) is 91.1 Å². The van der Waals surface area contributed by atoms with Crippen molar-refractivity contribution in [2.24, 2.45) is 5.41 Å². The van der Waals surface area contributed by atoms with Gasteiger partial charge >= 0.3 is 0 Å². The number of unbranched alkanes of at least 4 members (excludes halogenated alkanes) is 1. The lowest BCUT2D eigenvalue weighted by atomic mass is 9.64. The van der Waals surface area contributed by atoms with Crippen molar-refractivity contribution >= 4 is 23.3 Å². The van der Waals surface area contributed by atoms with Gasteiger partial charge < -0.3 is 15.6 Å². The van der Waals surface area contributed by atoms with Crippen LogP contribution in [0.25, 0.3) is 0 Å². The first kappa shape index (κ1) is 23.3. The molecule has 176 valence electrons. The summed E-state index contributed by atoms with van der Waals surface area (Å²) in [6.07, 6.45) is 9.47. The van der Waals surface area contributed by atoms with Gasteiger partial charge in [0, 0.05) is 23.4 Å². The smallest absolute Gasteiger partial charge is 0.268 e. The van der Waals surface area contributed by atoms with Crippen molar-refractivity contribution < 1.29 is 14.4 Å². The number of Topliss-reactive ketones (excluding diaryl/α,β-unsaturated/α-hetero) is 1. The quantitative estimate of drug-likeness (QED) is 0.533. The molecule has 4 rings (SSSR count). The Kier molecular flexibility index (Phi) is 7.01. The van der Waals surface area contributed by atoms with Crippen LogP contribution in [0, 0.1) is 12.3 Å². The van der Waals surface area contributed by atoms with Gasteiger partial charge in [-0.05, 0) is 55.7 Å². The van der Waals surface area contributed by atoms with Gasteiger partial charge in [0.1, 0.15) is 11.7 Å². The maximum absolute atomic E-state index is 13.3. The lowest BCUT2D eigenvalue weighted by Crippen LogP contribution is -2.44. The largest absolute Gasteiger partial charge is 0.354 e. The molecule has 1 spiro atoms. The van der Waals surface area contributed by atoms with Gasteiger partial charge in [-0.15, -0.1) is 0 Å². The van der Waals surface area contributed by atoms with Crippen LogP contribution in [0.3, 0.4) is 0 Å². The summed E-state index contributed by atoms with van der Waals surface area (Å²) in [5.41, 5.74) is 3.45. The number of hydrogen-bond acceptors (Lipinski definition) is 3. The fraction of sp³-hybridized carbons (Fsp3) is 0.519. The van der Waals surface area contributed by atoms with E-state index in [1.54, 1.807) is 0 Å². The molecule has 0 aliphatic heterocycles. The van der Waals surface area contributed by atoms with Gasteiger partial charge in [0.05, 0.1) is 0 Å². The summed E-state index contributed by atoms with van der Waals surface area (Å²) >= 11 is 0. The first-order valence-corrected chi connectivity index (χ1v) is 12.3. The Hall–Kier alpha value is -2.89. The number of anilines is 1. The number of benzene rings is 1. The molecule has 2 aromatic rings. The molecular formula is C27H35N3O3. The number of amides is 2. The van der Waals surface area contributed by atoms with E-state index in [-0.39, 0.29) is 23.0 Å². The Morgan fingerprint density at radius 1 is 1.09 bits per heavy atom. The Bertz CT molecular complexity index is 1020. The van der Waals surface area contributed by atoms with Crippen molar-refractivity contribution in [1.82, 2.24) is 10.3 Å². The van der Waals surface area contributed by atoms with E-state index in [0.717, 1.165) is 37.8 Å².